The van der Waals surface area contributed by atoms with Crippen LogP contribution in [0.25, 0.3) is 22.0 Å². The quantitative estimate of drug-likeness (QED) is 0.595. The van der Waals surface area contributed by atoms with Crippen molar-refractivity contribution in [2.24, 2.45) is 0 Å². The molecule has 0 aliphatic heterocycles. The summed E-state index contributed by atoms with van der Waals surface area (Å²) in [7, 11) is 0. The Hall–Kier alpha value is -1.64. The van der Waals surface area contributed by atoms with E-state index in [-0.39, 0.29) is 0 Å². The Morgan fingerprint density at radius 3 is 2.58 bits per heavy atom. The van der Waals surface area contributed by atoms with Crippen molar-refractivity contribution >= 4 is 34.0 Å². The molecule has 94 valence electrons. The lowest BCUT2D eigenvalue weighted by Crippen LogP contribution is -1.92. The molecule has 4 heteroatoms. The van der Waals surface area contributed by atoms with Crippen molar-refractivity contribution in [2.45, 2.75) is 6.92 Å². The number of aryl methyl sites for hydroxylation is 1. The standard InChI is InChI=1S/C15H10Cl2N2/c1-9-12-8-18-14(17)6-10(12)7-19-15(9)11-4-2-3-5-13(11)16/h2-8H,1H3. The van der Waals surface area contributed by atoms with E-state index in [0.717, 1.165) is 27.6 Å². The van der Waals surface area contributed by atoms with E-state index < -0.39 is 0 Å². The molecule has 0 atom stereocenters. The van der Waals surface area contributed by atoms with Gasteiger partial charge in [0, 0.05) is 33.8 Å². The summed E-state index contributed by atoms with van der Waals surface area (Å²) < 4.78 is 0. The zero-order valence-electron chi connectivity index (χ0n) is 10.2. The molecule has 0 fully saturated rings. The Labute approximate surface area is 121 Å². The first-order chi connectivity index (χ1) is 9.16. The summed E-state index contributed by atoms with van der Waals surface area (Å²) in [6.45, 7) is 2.02. The van der Waals surface area contributed by atoms with Crippen LogP contribution in [0.1, 0.15) is 5.56 Å². The minimum Gasteiger partial charge on any atom is -0.255 e. The summed E-state index contributed by atoms with van der Waals surface area (Å²) in [6, 6.07) is 9.50. The number of pyridine rings is 2. The second kappa shape index (κ2) is 4.80. The molecule has 1 aromatic carbocycles. The molecular weight excluding hydrogens is 279 g/mol. The van der Waals surface area contributed by atoms with Crippen LogP contribution in [0.5, 0.6) is 0 Å². The molecule has 0 saturated heterocycles. The van der Waals surface area contributed by atoms with Crippen LogP contribution in [0.15, 0.2) is 42.7 Å². The number of hydrogen-bond donors (Lipinski definition) is 0. The summed E-state index contributed by atoms with van der Waals surface area (Å²) in [5.74, 6) is 0. The van der Waals surface area contributed by atoms with E-state index in [1.807, 2.05) is 37.3 Å². The molecule has 0 spiro atoms. The minimum absolute atomic E-state index is 0.471. The highest BCUT2D eigenvalue weighted by Crippen LogP contribution is 2.32. The van der Waals surface area contributed by atoms with Crippen LogP contribution in [-0.2, 0) is 0 Å². The smallest absolute Gasteiger partial charge is 0.129 e. The fourth-order valence-electron chi connectivity index (χ4n) is 2.15. The van der Waals surface area contributed by atoms with Gasteiger partial charge < -0.3 is 0 Å². The average molecular weight is 289 g/mol. The highest BCUT2D eigenvalue weighted by atomic mass is 35.5. The SMILES string of the molecule is Cc1c(-c2ccccc2Cl)ncc2cc(Cl)ncc12. The predicted octanol–water partition coefficient (Wildman–Crippen LogP) is 4.91. The van der Waals surface area contributed by atoms with Crippen molar-refractivity contribution < 1.29 is 0 Å². The van der Waals surface area contributed by atoms with Crippen LogP contribution in [0, 0.1) is 6.92 Å². The van der Waals surface area contributed by atoms with E-state index in [9.17, 15) is 0 Å². The van der Waals surface area contributed by atoms with Gasteiger partial charge in [-0.15, -0.1) is 0 Å². The third kappa shape index (κ3) is 2.18. The molecule has 2 nitrogen and oxygen atoms in total. The van der Waals surface area contributed by atoms with Gasteiger partial charge in [-0.1, -0.05) is 41.4 Å². The van der Waals surface area contributed by atoms with Gasteiger partial charge >= 0.3 is 0 Å². The van der Waals surface area contributed by atoms with Gasteiger partial charge in [-0.2, -0.15) is 0 Å². The lowest BCUT2D eigenvalue weighted by atomic mass is 10.0. The molecule has 0 aliphatic rings. The third-order valence-electron chi connectivity index (χ3n) is 3.12. The first kappa shape index (κ1) is 12.4. The van der Waals surface area contributed by atoms with Gasteiger partial charge in [0.15, 0.2) is 0 Å². The van der Waals surface area contributed by atoms with Gasteiger partial charge in [0.05, 0.1) is 5.69 Å². The van der Waals surface area contributed by atoms with Gasteiger partial charge in [0.2, 0.25) is 0 Å². The molecule has 0 N–H and O–H groups in total. The molecule has 0 unspecified atom stereocenters. The number of halogens is 2. The van der Waals surface area contributed by atoms with Crippen LogP contribution in [-0.4, -0.2) is 9.97 Å². The highest BCUT2D eigenvalue weighted by Gasteiger charge is 2.10. The topological polar surface area (TPSA) is 25.8 Å². The van der Waals surface area contributed by atoms with Crippen LogP contribution >= 0.6 is 23.2 Å². The fraction of sp³-hybridized carbons (Fsp3) is 0.0667. The van der Waals surface area contributed by atoms with Crippen molar-refractivity contribution in [3.63, 3.8) is 0 Å². The fourth-order valence-corrected chi connectivity index (χ4v) is 2.54. The molecule has 19 heavy (non-hydrogen) atoms. The molecule has 2 aromatic heterocycles. The third-order valence-corrected chi connectivity index (χ3v) is 3.66. The number of rotatable bonds is 1. The van der Waals surface area contributed by atoms with Gasteiger partial charge in [-0.05, 0) is 24.6 Å². The van der Waals surface area contributed by atoms with E-state index in [2.05, 4.69) is 9.97 Å². The van der Waals surface area contributed by atoms with Gasteiger partial charge in [0.1, 0.15) is 5.15 Å². The van der Waals surface area contributed by atoms with E-state index in [1.165, 1.54) is 0 Å². The van der Waals surface area contributed by atoms with Crippen molar-refractivity contribution in [3.05, 3.63) is 58.5 Å². The maximum Gasteiger partial charge on any atom is 0.129 e. The van der Waals surface area contributed by atoms with Crippen molar-refractivity contribution in [2.75, 3.05) is 0 Å². The van der Waals surface area contributed by atoms with Crippen LogP contribution in [0.3, 0.4) is 0 Å². The molecule has 0 bridgehead atoms. The lowest BCUT2D eigenvalue weighted by molar-refractivity contribution is 1.28. The minimum atomic E-state index is 0.471. The van der Waals surface area contributed by atoms with Crippen LogP contribution in [0.2, 0.25) is 10.2 Å². The lowest BCUT2D eigenvalue weighted by Gasteiger charge is -2.09. The van der Waals surface area contributed by atoms with Gasteiger partial charge in [0.25, 0.3) is 0 Å². The zero-order chi connectivity index (χ0) is 13.4. The number of aromatic nitrogens is 2. The molecule has 0 radical (unpaired) electrons. The average Bonchev–Trinajstić information content (AvgIpc) is 2.40. The molecule has 2 heterocycles. The van der Waals surface area contributed by atoms with Gasteiger partial charge in [-0.3, -0.25) is 4.98 Å². The second-order valence-electron chi connectivity index (χ2n) is 4.31. The molecule has 0 amide bonds. The van der Waals surface area contributed by atoms with Crippen molar-refractivity contribution in [1.82, 2.24) is 9.97 Å². The van der Waals surface area contributed by atoms with Crippen molar-refractivity contribution in [3.8, 4) is 11.3 Å². The summed E-state index contributed by atoms with van der Waals surface area (Å²) in [5, 5.41) is 3.18. The Kier molecular flexibility index (Phi) is 3.13. The van der Waals surface area contributed by atoms with Crippen LogP contribution in [0.4, 0.5) is 0 Å². The summed E-state index contributed by atoms with van der Waals surface area (Å²) >= 11 is 12.1. The normalized spacial score (nSPS) is 10.9. The van der Waals surface area contributed by atoms with E-state index >= 15 is 0 Å². The molecule has 0 saturated carbocycles. The number of fused-ring (bicyclic) bond motifs is 1. The zero-order valence-corrected chi connectivity index (χ0v) is 11.7. The Morgan fingerprint density at radius 1 is 1.00 bits per heavy atom. The van der Waals surface area contributed by atoms with Crippen LogP contribution < -0.4 is 0 Å². The Morgan fingerprint density at radius 2 is 1.79 bits per heavy atom. The molecule has 0 aliphatic carbocycles. The molecular formula is C15H10Cl2N2. The highest BCUT2D eigenvalue weighted by molar-refractivity contribution is 6.33. The molecule has 3 rings (SSSR count). The second-order valence-corrected chi connectivity index (χ2v) is 5.10. The van der Waals surface area contributed by atoms with Gasteiger partial charge in [-0.25, -0.2) is 4.98 Å². The summed E-state index contributed by atoms with van der Waals surface area (Å²) in [5.41, 5.74) is 2.86. The first-order valence-electron chi connectivity index (χ1n) is 5.82. The van der Waals surface area contributed by atoms with E-state index in [4.69, 9.17) is 23.2 Å². The largest absolute Gasteiger partial charge is 0.255 e. The summed E-state index contributed by atoms with van der Waals surface area (Å²) in [4.78, 5) is 8.64. The molecule has 3 aromatic rings. The van der Waals surface area contributed by atoms with E-state index in [1.54, 1.807) is 12.4 Å². The Bertz CT molecular complexity index is 769. The maximum absolute atomic E-state index is 6.23. The monoisotopic (exact) mass is 288 g/mol. The van der Waals surface area contributed by atoms with E-state index in [0.29, 0.717) is 10.2 Å². The number of hydrogen-bond acceptors (Lipinski definition) is 2. The summed E-state index contributed by atoms with van der Waals surface area (Å²) in [6.07, 6.45) is 3.57. The van der Waals surface area contributed by atoms with Crippen molar-refractivity contribution in [1.29, 1.82) is 0 Å². The predicted molar refractivity (Wildman–Crippen MR) is 79.7 cm³/mol. The number of nitrogens with zero attached hydrogens (tertiary/aromatic N) is 2. The number of benzene rings is 1. The maximum atomic E-state index is 6.23. The first-order valence-corrected chi connectivity index (χ1v) is 6.58. The Balaban J connectivity index is 2.29.